The summed E-state index contributed by atoms with van der Waals surface area (Å²) in [4.78, 5) is 50.1. The maximum atomic E-state index is 12.8. The van der Waals surface area contributed by atoms with Crippen LogP contribution in [-0.2, 0) is 30.7 Å². The second kappa shape index (κ2) is 22.2. The fourth-order valence-electron chi connectivity index (χ4n) is 8.20. The molecule has 0 bridgehead atoms. The van der Waals surface area contributed by atoms with Crippen molar-refractivity contribution in [3.8, 4) is 12.1 Å². The highest BCUT2D eigenvalue weighted by Gasteiger charge is 2.13. The van der Waals surface area contributed by atoms with E-state index in [4.69, 9.17) is 21.9 Å². The summed E-state index contributed by atoms with van der Waals surface area (Å²) in [5, 5.41) is 27.7. The zero-order valence-electron chi connectivity index (χ0n) is 39.7. The molecule has 0 spiro atoms. The van der Waals surface area contributed by atoms with Gasteiger partial charge in [0.05, 0.1) is 34.8 Å². The summed E-state index contributed by atoms with van der Waals surface area (Å²) in [6.07, 6.45) is 11.1. The lowest BCUT2D eigenvalue weighted by atomic mass is 10.0. The summed E-state index contributed by atoms with van der Waals surface area (Å²) in [6, 6.07) is 38.6. The number of esters is 1. The second-order valence-electron chi connectivity index (χ2n) is 17.0. The molecule has 7 N–H and O–H groups in total. The number of anilines is 2. The molecule has 0 aliphatic carbocycles. The smallest absolute Gasteiger partial charge is 0.337 e. The molecule has 0 unspecified atom stereocenters. The maximum Gasteiger partial charge on any atom is 0.337 e. The molecule has 15 heteroatoms. The van der Waals surface area contributed by atoms with Crippen LogP contribution in [-0.4, -0.2) is 48.9 Å². The van der Waals surface area contributed by atoms with Crippen LogP contribution < -0.4 is 22.5 Å². The SMILES string of the molecule is COC(=O)c1ccnc(Cc2cc(C#N)c3ncc(C)cc3c2)c1.Cc1cnc2c(C#N)cc(Cc3cc(C(=O)NCc4ccc5c(N)nccc5c4)ccn3)cc2c1.NCc1ccc2c(N)nccc2c1. The first-order valence-corrected chi connectivity index (χ1v) is 22.7. The number of hydrogen-bond acceptors (Lipinski definition) is 14. The Hall–Kier alpha value is -9.70. The van der Waals surface area contributed by atoms with Crippen LogP contribution in [0.15, 0.2) is 146 Å². The van der Waals surface area contributed by atoms with Gasteiger partial charge in [0.25, 0.3) is 5.91 Å². The number of methoxy groups -OCH3 is 1. The molecule has 1 amide bonds. The number of hydrogen-bond donors (Lipinski definition) is 4. The van der Waals surface area contributed by atoms with Crippen LogP contribution in [0.1, 0.15) is 76.6 Å². The number of aromatic nitrogens is 6. The van der Waals surface area contributed by atoms with Gasteiger partial charge in [0.2, 0.25) is 0 Å². The quantitative estimate of drug-likeness (QED) is 0.0985. The van der Waals surface area contributed by atoms with Crippen molar-refractivity contribution >= 4 is 66.9 Å². The molecule has 10 aromatic rings. The highest BCUT2D eigenvalue weighted by atomic mass is 16.5. The van der Waals surface area contributed by atoms with Gasteiger partial charge < -0.3 is 27.3 Å². The fraction of sp³-hybridized carbons (Fsp3) is 0.123. The minimum Gasteiger partial charge on any atom is -0.465 e. The number of nitrogens with zero attached hydrogens (tertiary/aromatic N) is 8. The van der Waals surface area contributed by atoms with E-state index < -0.39 is 5.97 Å². The van der Waals surface area contributed by atoms with Crippen LogP contribution >= 0.6 is 0 Å². The maximum absolute atomic E-state index is 12.8. The van der Waals surface area contributed by atoms with Gasteiger partial charge in [-0.05, 0) is 143 Å². The molecule has 4 aromatic carbocycles. The highest BCUT2D eigenvalue weighted by molar-refractivity contribution is 5.95. The van der Waals surface area contributed by atoms with Crippen molar-refractivity contribution in [3.05, 3.63) is 213 Å². The Labute approximate surface area is 415 Å². The number of carbonyl (C=O) groups is 2. The average molecular weight is 949 g/mol. The van der Waals surface area contributed by atoms with E-state index >= 15 is 0 Å². The number of nitriles is 2. The molecule has 6 heterocycles. The molecule has 0 aliphatic heterocycles. The number of aryl methyl sites for hydroxylation is 2. The van der Waals surface area contributed by atoms with Crippen LogP contribution in [0.2, 0.25) is 0 Å². The molecular weight excluding hydrogens is 901 g/mol. The van der Waals surface area contributed by atoms with Gasteiger partial charge in [-0.15, -0.1) is 0 Å². The molecule has 0 saturated heterocycles. The molecule has 0 fully saturated rings. The summed E-state index contributed by atoms with van der Waals surface area (Å²) < 4.78 is 4.73. The number of rotatable bonds is 9. The van der Waals surface area contributed by atoms with Gasteiger partial charge in [-0.1, -0.05) is 24.3 Å². The predicted octanol–water partition coefficient (Wildman–Crippen LogP) is 8.92. The number of nitrogen functional groups attached to an aromatic ring is 2. The van der Waals surface area contributed by atoms with Crippen molar-refractivity contribution in [2.75, 3.05) is 18.6 Å². The summed E-state index contributed by atoms with van der Waals surface area (Å²) in [5.74, 6) is 0.483. The van der Waals surface area contributed by atoms with E-state index in [2.05, 4.69) is 47.4 Å². The summed E-state index contributed by atoms with van der Waals surface area (Å²) in [5.41, 5.74) is 28.1. The molecule has 0 aliphatic rings. The number of nitrogens with two attached hydrogens (primary N) is 3. The first kappa shape index (κ1) is 48.7. The van der Waals surface area contributed by atoms with Gasteiger partial charge in [0, 0.05) is 102 Å². The normalized spacial score (nSPS) is 10.6. The number of benzene rings is 4. The molecular formula is C57H48N12O3. The first-order chi connectivity index (χ1) is 34.9. The van der Waals surface area contributed by atoms with E-state index in [-0.39, 0.29) is 5.91 Å². The average Bonchev–Trinajstić information content (AvgIpc) is 3.39. The van der Waals surface area contributed by atoms with Crippen molar-refractivity contribution in [2.24, 2.45) is 5.73 Å². The molecule has 0 saturated carbocycles. The van der Waals surface area contributed by atoms with E-state index in [1.165, 1.54) is 7.11 Å². The Morgan fingerprint density at radius 2 is 1.03 bits per heavy atom. The molecule has 354 valence electrons. The van der Waals surface area contributed by atoms with Gasteiger partial charge in [0.1, 0.15) is 23.8 Å². The summed E-state index contributed by atoms with van der Waals surface area (Å²) in [7, 11) is 1.35. The lowest BCUT2D eigenvalue weighted by Crippen LogP contribution is -2.23. The number of amides is 1. The van der Waals surface area contributed by atoms with E-state index in [1.807, 2.05) is 98.8 Å². The number of fused-ring (bicyclic) bond motifs is 4. The van der Waals surface area contributed by atoms with Crippen molar-refractivity contribution in [1.29, 1.82) is 10.5 Å². The number of ether oxygens (including phenoxy) is 1. The van der Waals surface area contributed by atoms with E-state index in [9.17, 15) is 20.1 Å². The van der Waals surface area contributed by atoms with Crippen molar-refractivity contribution in [1.82, 2.24) is 35.2 Å². The molecule has 0 radical (unpaired) electrons. The van der Waals surface area contributed by atoms with Gasteiger partial charge in [0.15, 0.2) is 0 Å². The minimum atomic E-state index is -0.394. The molecule has 6 aromatic heterocycles. The number of pyridine rings is 6. The molecule has 15 nitrogen and oxygen atoms in total. The van der Waals surface area contributed by atoms with Crippen LogP contribution in [0.25, 0.3) is 43.4 Å². The number of nitrogens with one attached hydrogen (secondary N) is 1. The predicted molar refractivity (Wildman–Crippen MR) is 279 cm³/mol. The van der Waals surface area contributed by atoms with Crippen molar-refractivity contribution in [2.45, 2.75) is 39.8 Å². The fourth-order valence-corrected chi connectivity index (χ4v) is 8.20. The Bertz CT molecular complexity index is 3770. The van der Waals surface area contributed by atoms with Gasteiger partial charge in [-0.2, -0.15) is 10.5 Å². The first-order valence-electron chi connectivity index (χ1n) is 22.7. The Morgan fingerprint density at radius 3 is 1.54 bits per heavy atom. The van der Waals surface area contributed by atoms with Crippen molar-refractivity contribution < 1.29 is 14.3 Å². The van der Waals surface area contributed by atoms with Crippen LogP contribution in [0.4, 0.5) is 11.6 Å². The van der Waals surface area contributed by atoms with Gasteiger partial charge in [-0.25, -0.2) is 14.8 Å². The lowest BCUT2D eigenvalue weighted by molar-refractivity contribution is 0.0600. The van der Waals surface area contributed by atoms with E-state index in [0.29, 0.717) is 70.9 Å². The topological polar surface area (TPSA) is 258 Å². The van der Waals surface area contributed by atoms with Gasteiger partial charge in [-0.3, -0.25) is 24.7 Å². The molecule has 0 atom stereocenters. The third kappa shape index (κ3) is 11.6. The zero-order chi connectivity index (χ0) is 50.7. The monoisotopic (exact) mass is 948 g/mol. The third-order valence-corrected chi connectivity index (χ3v) is 11.7. The zero-order valence-corrected chi connectivity index (χ0v) is 39.7. The van der Waals surface area contributed by atoms with Gasteiger partial charge >= 0.3 is 5.97 Å². The summed E-state index contributed by atoms with van der Waals surface area (Å²) >= 11 is 0. The van der Waals surface area contributed by atoms with Crippen LogP contribution in [0.5, 0.6) is 0 Å². The minimum absolute atomic E-state index is 0.181. The van der Waals surface area contributed by atoms with E-state index in [0.717, 1.165) is 77.1 Å². The van der Waals surface area contributed by atoms with Crippen LogP contribution in [0.3, 0.4) is 0 Å². The molecule has 72 heavy (non-hydrogen) atoms. The standard InChI is InChI=1S/C28H22N6O.C19H15N3O2.C10H11N3/c1-17-8-22-10-19(11-23(14-29)26(22)33-15-17)12-24-13-21(5-6-31-24)28(35)34-16-18-2-3-25-20(9-18)4-7-32-27(25)30;1-12-5-15-6-13(7-16(10-20)18(15)22-11-12)8-17-9-14(3-4-21-17)19(23)24-2;11-6-7-1-2-9-8(5-7)3-4-13-10(9)12/h2-11,13,15H,12,16H2,1H3,(H2,30,32)(H,34,35);3-7,9,11H,8H2,1-2H3;1-5H,6,11H2,(H2,12,13). The largest absolute Gasteiger partial charge is 0.465 e. The Balaban J connectivity index is 0.000000161. The lowest BCUT2D eigenvalue weighted by Gasteiger charge is -2.09. The Kier molecular flexibility index (Phi) is 15.0. The number of carbonyl (C=O) groups excluding carboxylic acids is 2. The van der Waals surface area contributed by atoms with Crippen LogP contribution in [0, 0.1) is 36.5 Å². The second-order valence-corrected chi connectivity index (χ2v) is 17.0. The third-order valence-electron chi connectivity index (χ3n) is 11.7. The molecule has 10 rings (SSSR count). The highest BCUT2D eigenvalue weighted by Crippen LogP contribution is 2.25. The summed E-state index contributed by atoms with van der Waals surface area (Å²) in [6.45, 7) is 4.88. The van der Waals surface area contributed by atoms with E-state index in [1.54, 1.807) is 61.4 Å². The Morgan fingerprint density at radius 1 is 0.556 bits per heavy atom. The van der Waals surface area contributed by atoms with Crippen molar-refractivity contribution in [3.63, 3.8) is 0 Å².